The van der Waals surface area contributed by atoms with Crippen LogP contribution in [0.1, 0.15) is 109 Å². The molecule has 8 aromatic rings. The second kappa shape index (κ2) is 16.9. The van der Waals surface area contributed by atoms with Crippen LogP contribution in [0, 0.1) is 6.07 Å². The number of phenols is 1. The van der Waals surface area contributed by atoms with Crippen LogP contribution in [-0.4, -0.2) is 19.6 Å². The summed E-state index contributed by atoms with van der Waals surface area (Å²) in [5.74, 6) is 0.306. The monoisotopic (exact) mass is 1010 g/mol. The Morgan fingerprint density at radius 1 is 0.540 bits per heavy atom. The van der Waals surface area contributed by atoms with E-state index in [0.717, 1.165) is 55.7 Å². The molecule has 0 unspecified atom stereocenters. The Morgan fingerprint density at radius 2 is 1.16 bits per heavy atom. The van der Waals surface area contributed by atoms with Crippen molar-refractivity contribution in [3.8, 4) is 67.5 Å². The minimum atomic E-state index is -0.626. The van der Waals surface area contributed by atoms with Crippen LogP contribution >= 0.6 is 0 Å². The maximum atomic E-state index is 12.6. The average Bonchev–Trinajstić information content (AvgIpc) is 3.61. The number of imidazole rings is 1. The van der Waals surface area contributed by atoms with Crippen LogP contribution in [0.25, 0.3) is 72.7 Å². The van der Waals surface area contributed by atoms with Crippen LogP contribution in [0.2, 0.25) is 0 Å². The van der Waals surface area contributed by atoms with E-state index in [1.165, 1.54) is 5.56 Å². The number of rotatable bonds is 6. The van der Waals surface area contributed by atoms with Gasteiger partial charge in [0.2, 0.25) is 0 Å². The predicted molar refractivity (Wildman–Crippen MR) is 261 cm³/mol. The molecule has 0 saturated carbocycles. The summed E-state index contributed by atoms with van der Waals surface area (Å²) < 4.78 is 30.3. The van der Waals surface area contributed by atoms with Crippen LogP contribution < -0.4 is 0 Å². The molecule has 2 heterocycles. The van der Waals surface area contributed by atoms with E-state index in [9.17, 15) is 7.85 Å². The van der Waals surface area contributed by atoms with Crippen LogP contribution in [0.15, 0.2) is 140 Å². The number of fused-ring (bicyclic) bond motifs is 1. The van der Waals surface area contributed by atoms with Gasteiger partial charge < -0.3 is 5.11 Å². The maximum absolute atomic E-state index is 12.6. The van der Waals surface area contributed by atoms with E-state index in [4.69, 9.17) is 11.3 Å². The van der Waals surface area contributed by atoms with Gasteiger partial charge in [-0.3, -0.25) is 9.55 Å². The molecule has 0 fully saturated rings. The Morgan fingerprint density at radius 3 is 1.78 bits per heavy atom. The predicted octanol–water partition coefficient (Wildman–Crippen LogP) is 15.4. The summed E-state index contributed by atoms with van der Waals surface area (Å²) in [5, 5.41) is 12.6. The number of hydrogen-bond donors (Lipinski definition) is 1. The van der Waals surface area contributed by atoms with Crippen molar-refractivity contribution in [2.45, 2.75) is 105 Å². The standard InChI is InChI=1S/C58H60N3O.Pt/c1-55(2,3)42-26-27-50(46(34-42)38-22-17-14-18-23-38)61-51-25-19-24-45(52(51)60-54(61)47-35-44(57(7,8)9)36-48(53(47)62)58(10,11)12)40-30-41(32-43(31-40)56(4,5)6)49-33-39(28-29-59-49)37-20-15-13-16-21-37;/h13-29,31-36,62H,1-12H3;/q-1;/i29D,35D,36D;. The summed E-state index contributed by atoms with van der Waals surface area (Å²) in [7, 11) is 0. The van der Waals surface area contributed by atoms with Gasteiger partial charge in [0, 0.05) is 44.1 Å². The van der Waals surface area contributed by atoms with Gasteiger partial charge in [-0.25, -0.2) is 4.98 Å². The summed E-state index contributed by atoms with van der Waals surface area (Å²) in [6, 6.07) is 45.2. The number of pyridine rings is 1. The van der Waals surface area contributed by atoms with Crippen LogP contribution in [0.5, 0.6) is 5.75 Å². The topological polar surface area (TPSA) is 50.9 Å². The molecular formula is C58H60N3OPt-. The molecule has 6 aromatic carbocycles. The SMILES string of the molecule is [2H]c1cc(-c2ccccc2)cc(-c2[c-]c(-c3cccc4c3nc(-c3c([2H])c(C(C)(C)C)c([2H])c(C(C)(C)C)c3O)n4-c3ccc(C(C)(C)C)cc3-c3ccccc3)cc(C(C)(C)C)c2)n1.[Pt]. The molecule has 0 bridgehead atoms. The summed E-state index contributed by atoms with van der Waals surface area (Å²) in [4.78, 5) is 10.3. The van der Waals surface area contributed by atoms with E-state index in [0.29, 0.717) is 28.2 Å². The molecule has 0 aliphatic carbocycles. The van der Waals surface area contributed by atoms with Gasteiger partial charge in [0.15, 0.2) is 0 Å². The fourth-order valence-electron chi connectivity index (χ4n) is 7.99. The Bertz CT molecular complexity index is 3070. The smallest absolute Gasteiger partial charge is 0.148 e. The third kappa shape index (κ3) is 9.11. The number of nitrogens with zero attached hydrogens (tertiary/aromatic N) is 3. The molecular weight excluding hydrogens is 950 g/mol. The van der Waals surface area contributed by atoms with E-state index in [1.807, 2.05) is 102 Å². The van der Waals surface area contributed by atoms with E-state index < -0.39 is 10.8 Å². The molecule has 324 valence electrons. The first kappa shape index (κ1) is 41.4. The van der Waals surface area contributed by atoms with E-state index in [1.54, 1.807) is 6.07 Å². The van der Waals surface area contributed by atoms with Crippen molar-refractivity contribution in [3.05, 3.63) is 168 Å². The molecule has 2 aromatic heterocycles. The molecule has 0 amide bonds. The number of hydrogen-bond acceptors (Lipinski definition) is 3. The number of aromatic nitrogens is 3. The van der Waals surface area contributed by atoms with Gasteiger partial charge in [0.05, 0.1) is 26.4 Å². The molecule has 0 spiro atoms. The Kier molecular flexibility index (Phi) is 11.1. The maximum Gasteiger partial charge on any atom is 0.148 e. The zero-order valence-corrected chi connectivity index (χ0v) is 40.9. The fourth-order valence-corrected chi connectivity index (χ4v) is 7.99. The Hall–Kier alpha value is -5.57. The normalized spacial score (nSPS) is 13.0. The van der Waals surface area contributed by atoms with Gasteiger partial charge in [0.1, 0.15) is 11.6 Å². The number of aromatic hydroxyl groups is 1. The summed E-state index contributed by atoms with van der Waals surface area (Å²) in [6.45, 7) is 25.3. The first-order valence-electron chi connectivity index (χ1n) is 23.2. The minimum Gasteiger partial charge on any atom is -0.507 e. The summed E-state index contributed by atoms with van der Waals surface area (Å²) >= 11 is 0. The van der Waals surface area contributed by atoms with E-state index in [2.05, 4.69) is 107 Å². The van der Waals surface area contributed by atoms with Gasteiger partial charge in [-0.1, -0.05) is 185 Å². The molecule has 0 saturated heterocycles. The molecule has 0 aliphatic heterocycles. The van der Waals surface area contributed by atoms with E-state index in [-0.39, 0.29) is 61.5 Å². The molecule has 5 heteroatoms. The number of benzene rings is 6. The van der Waals surface area contributed by atoms with Crippen LogP contribution in [0.3, 0.4) is 0 Å². The van der Waals surface area contributed by atoms with Crippen molar-refractivity contribution in [1.29, 1.82) is 0 Å². The van der Waals surface area contributed by atoms with Crippen molar-refractivity contribution in [1.82, 2.24) is 14.5 Å². The molecule has 63 heavy (non-hydrogen) atoms. The third-order valence-electron chi connectivity index (χ3n) is 11.7. The fraction of sp³-hybridized carbons (Fsp3) is 0.276. The van der Waals surface area contributed by atoms with Crippen LogP contribution in [-0.2, 0) is 42.7 Å². The largest absolute Gasteiger partial charge is 0.507 e. The van der Waals surface area contributed by atoms with Crippen molar-refractivity contribution < 1.29 is 30.3 Å². The third-order valence-corrected chi connectivity index (χ3v) is 11.7. The minimum absolute atomic E-state index is 0. The first-order valence-corrected chi connectivity index (χ1v) is 21.7. The van der Waals surface area contributed by atoms with Crippen molar-refractivity contribution >= 4 is 11.0 Å². The van der Waals surface area contributed by atoms with Crippen LogP contribution in [0.4, 0.5) is 0 Å². The van der Waals surface area contributed by atoms with Crippen molar-refractivity contribution in [2.75, 3.05) is 0 Å². The average molecular weight is 1010 g/mol. The van der Waals surface area contributed by atoms with Crippen molar-refractivity contribution in [2.24, 2.45) is 0 Å². The second-order valence-electron chi connectivity index (χ2n) is 20.7. The van der Waals surface area contributed by atoms with Gasteiger partial charge >= 0.3 is 0 Å². The molecule has 4 nitrogen and oxygen atoms in total. The van der Waals surface area contributed by atoms with Gasteiger partial charge in [0.25, 0.3) is 0 Å². The van der Waals surface area contributed by atoms with E-state index >= 15 is 0 Å². The molecule has 8 rings (SSSR count). The molecule has 0 radical (unpaired) electrons. The number of phenolic OH excluding ortho intramolecular Hbond substituents is 1. The Balaban J connectivity index is 0.00000648. The second-order valence-corrected chi connectivity index (χ2v) is 20.7. The first-order chi connectivity index (χ1) is 30.4. The summed E-state index contributed by atoms with van der Waals surface area (Å²) in [6.07, 6.45) is 0.170. The molecule has 0 aliphatic rings. The zero-order chi connectivity index (χ0) is 47.0. The van der Waals surface area contributed by atoms with Gasteiger partial charge in [-0.2, -0.15) is 0 Å². The van der Waals surface area contributed by atoms with Gasteiger partial charge in [-0.15, -0.1) is 29.3 Å². The summed E-state index contributed by atoms with van der Waals surface area (Å²) in [5.41, 5.74) is 11.2. The zero-order valence-electron chi connectivity index (χ0n) is 41.7. The Labute approximate surface area is 394 Å². The van der Waals surface area contributed by atoms with Gasteiger partial charge in [-0.05, 0) is 79.8 Å². The van der Waals surface area contributed by atoms with Crippen molar-refractivity contribution in [3.63, 3.8) is 0 Å². The molecule has 0 atom stereocenters. The number of para-hydroxylation sites is 1. The quantitative estimate of drug-likeness (QED) is 0.169. The molecule has 1 N–H and O–H groups in total.